The zero-order valence-corrected chi connectivity index (χ0v) is 14.8. The van der Waals surface area contributed by atoms with Gasteiger partial charge in [-0.15, -0.1) is 0 Å². The Balaban J connectivity index is 1.87. The summed E-state index contributed by atoms with van der Waals surface area (Å²) in [4.78, 5) is 16.3. The molecule has 1 aliphatic heterocycles. The number of benzene rings is 1. The zero-order valence-electron chi connectivity index (χ0n) is 14.0. The molecule has 0 aliphatic carbocycles. The number of amides is 1. The van der Waals surface area contributed by atoms with Crippen LogP contribution in [-0.4, -0.2) is 63.9 Å². The fourth-order valence-electron chi connectivity index (χ4n) is 2.47. The summed E-state index contributed by atoms with van der Waals surface area (Å²) in [6.45, 7) is 7.08. The van der Waals surface area contributed by atoms with Gasteiger partial charge in [0.15, 0.2) is 0 Å². The van der Waals surface area contributed by atoms with Gasteiger partial charge in [-0.2, -0.15) is 0 Å². The third kappa shape index (κ3) is 4.76. The molecule has 0 spiro atoms. The highest BCUT2D eigenvalue weighted by Crippen LogP contribution is 2.14. The van der Waals surface area contributed by atoms with Crippen molar-refractivity contribution in [2.24, 2.45) is 0 Å². The second-order valence-corrected chi connectivity index (χ2v) is 7.84. The molecule has 0 aromatic heterocycles. The largest absolute Gasteiger partial charge is 0.340 e. The van der Waals surface area contributed by atoms with Crippen molar-refractivity contribution in [1.82, 2.24) is 14.5 Å². The number of carbonyl (C=O) groups excluding carboxylic acids is 1. The van der Waals surface area contributed by atoms with Gasteiger partial charge in [0.1, 0.15) is 0 Å². The molecule has 0 radical (unpaired) electrons. The van der Waals surface area contributed by atoms with Gasteiger partial charge < -0.3 is 9.80 Å². The van der Waals surface area contributed by atoms with E-state index in [0.717, 1.165) is 24.2 Å². The molecule has 23 heavy (non-hydrogen) atoms. The van der Waals surface area contributed by atoms with Crippen LogP contribution in [0.15, 0.2) is 23.1 Å². The molecule has 2 rings (SSSR count). The number of nitrogens with one attached hydrogen (secondary N) is 1. The number of aryl methyl sites for hydroxylation is 2. The van der Waals surface area contributed by atoms with Gasteiger partial charge in [-0.05, 0) is 44.2 Å². The molecule has 128 valence electrons. The number of rotatable bonds is 5. The first kappa shape index (κ1) is 17.9. The minimum absolute atomic E-state index is 0.000821. The second-order valence-electron chi connectivity index (χ2n) is 6.08. The molecule has 1 aromatic carbocycles. The van der Waals surface area contributed by atoms with Gasteiger partial charge in [0.05, 0.1) is 4.90 Å². The molecule has 1 aromatic rings. The summed E-state index contributed by atoms with van der Waals surface area (Å²) in [5, 5.41) is 0. The van der Waals surface area contributed by atoms with Crippen LogP contribution in [0.3, 0.4) is 0 Å². The molecule has 1 amide bonds. The summed E-state index contributed by atoms with van der Waals surface area (Å²) >= 11 is 0. The van der Waals surface area contributed by atoms with Crippen LogP contribution in [0.25, 0.3) is 0 Å². The Hall–Kier alpha value is -1.44. The molecule has 1 N–H and O–H groups in total. The van der Waals surface area contributed by atoms with Crippen molar-refractivity contribution in [1.29, 1.82) is 0 Å². The lowest BCUT2D eigenvalue weighted by Gasteiger charge is -2.32. The molecular formula is C16H25N3O3S. The fraction of sp³-hybridized carbons (Fsp3) is 0.562. The summed E-state index contributed by atoms with van der Waals surface area (Å²) in [6.07, 6.45) is 0.188. The van der Waals surface area contributed by atoms with Crippen LogP contribution in [-0.2, 0) is 14.8 Å². The maximum atomic E-state index is 12.3. The van der Waals surface area contributed by atoms with Crippen LogP contribution in [0, 0.1) is 13.8 Å². The first-order valence-electron chi connectivity index (χ1n) is 7.83. The molecule has 0 bridgehead atoms. The molecule has 7 heteroatoms. The predicted octanol–water partition coefficient (Wildman–Crippen LogP) is 0.746. The SMILES string of the molecule is Cc1ccc(S(=O)(=O)NCCC(=O)N2CCN(C)CC2)cc1C. The number of sulfonamides is 1. The van der Waals surface area contributed by atoms with Crippen LogP contribution in [0.2, 0.25) is 0 Å². The average Bonchev–Trinajstić information content (AvgIpc) is 2.50. The van der Waals surface area contributed by atoms with Crippen LogP contribution >= 0.6 is 0 Å². The molecule has 0 unspecified atom stereocenters. The lowest BCUT2D eigenvalue weighted by Crippen LogP contribution is -2.47. The number of hydrogen-bond donors (Lipinski definition) is 1. The standard InChI is InChI=1S/C16H25N3O3S/c1-13-4-5-15(12-14(13)2)23(21,22)17-7-6-16(20)19-10-8-18(3)9-11-19/h4-5,12,17H,6-11H2,1-3H3. The van der Waals surface area contributed by atoms with Gasteiger partial charge in [-0.3, -0.25) is 4.79 Å². The third-order valence-electron chi connectivity index (χ3n) is 4.28. The van der Waals surface area contributed by atoms with Crippen LogP contribution in [0.1, 0.15) is 17.5 Å². The maximum absolute atomic E-state index is 12.3. The minimum Gasteiger partial charge on any atom is -0.340 e. The molecule has 0 atom stereocenters. The maximum Gasteiger partial charge on any atom is 0.240 e. The number of nitrogens with zero attached hydrogens (tertiary/aromatic N) is 2. The fourth-order valence-corrected chi connectivity index (χ4v) is 3.59. The van der Waals surface area contributed by atoms with E-state index < -0.39 is 10.0 Å². The lowest BCUT2D eigenvalue weighted by molar-refractivity contribution is -0.132. The molecule has 6 nitrogen and oxygen atoms in total. The van der Waals surface area contributed by atoms with Crippen molar-refractivity contribution in [2.75, 3.05) is 39.8 Å². The van der Waals surface area contributed by atoms with E-state index in [0.29, 0.717) is 13.1 Å². The summed E-state index contributed by atoms with van der Waals surface area (Å²) < 4.78 is 27.0. The smallest absolute Gasteiger partial charge is 0.240 e. The molecule has 1 saturated heterocycles. The molecule has 1 fully saturated rings. The summed E-state index contributed by atoms with van der Waals surface area (Å²) in [5.74, 6) is 0.000821. The topological polar surface area (TPSA) is 69.7 Å². The summed E-state index contributed by atoms with van der Waals surface area (Å²) in [6, 6.07) is 5.03. The van der Waals surface area contributed by atoms with Crippen molar-refractivity contribution < 1.29 is 13.2 Å². The minimum atomic E-state index is -3.56. The van der Waals surface area contributed by atoms with Crippen molar-refractivity contribution in [2.45, 2.75) is 25.2 Å². The van der Waals surface area contributed by atoms with Crippen LogP contribution in [0.4, 0.5) is 0 Å². The Labute approximate surface area is 138 Å². The van der Waals surface area contributed by atoms with E-state index in [4.69, 9.17) is 0 Å². The van der Waals surface area contributed by atoms with E-state index in [9.17, 15) is 13.2 Å². The average molecular weight is 339 g/mol. The summed E-state index contributed by atoms with van der Waals surface area (Å²) in [7, 11) is -1.54. The zero-order chi connectivity index (χ0) is 17.0. The Kier molecular flexibility index (Phi) is 5.78. The third-order valence-corrected chi connectivity index (χ3v) is 5.73. The number of carbonyl (C=O) groups is 1. The van der Waals surface area contributed by atoms with Crippen molar-refractivity contribution in [3.8, 4) is 0 Å². The Morgan fingerprint density at radius 3 is 2.39 bits per heavy atom. The van der Waals surface area contributed by atoms with Gasteiger partial charge in [-0.25, -0.2) is 13.1 Å². The van der Waals surface area contributed by atoms with E-state index >= 15 is 0 Å². The monoisotopic (exact) mass is 339 g/mol. The molecule has 0 saturated carbocycles. The van der Waals surface area contributed by atoms with Crippen molar-refractivity contribution in [3.05, 3.63) is 29.3 Å². The van der Waals surface area contributed by atoms with Crippen LogP contribution < -0.4 is 4.72 Å². The highest BCUT2D eigenvalue weighted by Gasteiger charge is 2.20. The van der Waals surface area contributed by atoms with Gasteiger partial charge >= 0.3 is 0 Å². The number of likely N-dealkylation sites (N-methyl/N-ethyl adjacent to an activating group) is 1. The van der Waals surface area contributed by atoms with E-state index in [2.05, 4.69) is 9.62 Å². The highest BCUT2D eigenvalue weighted by molar-refractivity contribution is 7.89. The van der Waals surface area contributed by atoms with Gasteiger partial charge in [-0.1, -0.05) is 6.07 Å². The van der Waals surface area contributed by atoms with E-state index in [-0.39, 0.29) is 23.8 Å². The van der Waals surface area contributed by atoms with Gasteiger partial charge in [0.25, 0.3) is 0 Å². The Bertz CT molecular complexity index is 665. The van der Waals surface area contributed by atoms with Gasteiger partial charge in [0, 0.05) is 39.1 Å². The molecule has 1 aliphatic rings. The second kappa shape index (κ2) is 7.42. The van der Waals surface area contributed by atoms with Crippen molar-refractivity contribution in [3.63, 3.8) is 0 Å². The normalized spacial score (nSPS) is 16.6. The van der Waals surface area contributed by atoms with E-state index in [1.165, 1.54) is 0 Å². The summed E-state index contributed by atoms with van der Waals surface area (Å²) in [5.41, 5.74) is 1.98. The van der Waals surface area contributed by atoms with E-state index in [1.54, 1.807) is 23.1 Å². The quantitative estimate of drug-likeness (QED) is 0.859. The Morgan fingerprint density at radius 1 is 1.13 bits per heavy atom. The number of hydrogen-bond acceptors (Lipinski definition) is 4. The van der Waals surface area contributed by atoms with E-state index in [1.807, 2.05) is 20.9 Å². The van der Waals surface area contributed by atoms with Crippen molar-refractivity contribution >= 4 is 15.9 Å². The molecule has 1 heterocycles. The van der Waals surface area contributed by atoms with Crippen LogP contribution in [0.5, 0.6) is 0 Å². The predicted molar refractivity (Wildman–Crippen MR) is 89.8 cm³/mol. The lowest BCUT2D eigenvalue weighted by atomic mass is 10.1. The first-order valence-corrected chi connectivity index (χ1v) is 9.31. The highest BCUT2D eigenvalue weighted by atomic mass is 32.2. The number of piperazine rings is 1. The molecular weight excluding hydrogens is 314 g/mol. The Morgan fingerprint density at radius 2 is 1.78 bits per heavy atom. The first-order chi connectivity index (χ1) is 10.8. The van der Waals surface area contributed by atoms with Gasteiger partial charge in [0.2, 0.25) is 15.9 Å².